The fourth-order valence-electron chi connectivity index (χ4n) is 3.72. The molecule has 0 N–H and O–H groups in total. The molecule has 8 heteroatoms. The van der Waals surface area contributed by atoms with Crippen molar-refractivity contribution in [1.29, 1.82) is 0 Å². The van der Waals surface area contributed by atoms with Crippen LogP contribution in [0.4, 0.5) is 0 Å². The number of benzene rings is 2. The van der Waals surface area contributed by atoms with Crippen LogP contribution >= 0.6 is 23.1 Å². The van der Waals surface area contributed by atoms with E-state index < -0.39 is 0 Å². The number of rotatable bonds is 5. The molecule has 1 saturated heterocycles. The highest BCUT2D eigenvalue weighted by atomic mass is 32.2. The first-order chi connectivity index (χ1) is 15.6. The third-order valence-corrected chi connectivity index (χ3v) is 7.31. The highest BCUT2D eigenvalue weighted by Gasteiger charge is 2.27. The summed E-state index contributed by atoms with van der Waals surface area (Å²) in [4.78, 5) is 45.7. The van der Waals surface area contributed by atoms with Crippen LogP contribution < -0.4 is 5.56 Å². The first kappa shape index (κ1) is 20.7. The SMILES string of the molecule is O=C1CCCN1C(=O)CSc1nc2sc(-c3ccccc3)cc2c(=O)n1-c1ccccc1. The van der Waals surface area contributed by atoms with Crippen molar-refractivity contribution < 1.29 is 9.59 Å². The summed E-state index contributed by atoms with van der Waals surface area (Å²) in [5.74, 6) is -0.333. The summed E-state index contributed by atoms with van der Waals surface area (Å²) in [6.07, 6.45) is 1.11. The fraction of sp³-hybridized carbons (Fsp3) is 0.167. The van der Waals surface area contributed by atoms with E-state index in [0.717, 1.165) is 10.4 Å². The van der Waals surface area contributed by atoms with Crippen LogP contribution in [0.25, 0.3) is 26.3 Å². The summed E-state index contributed by atoms with van der Waals surface area (Å²) in [6.45, 7) is 0.460. The molecule has 0 bridgehead atoms. The minimum atomic E-state index is -0.248. The second kappa shape index (κ2) is 8.72. The average Bonchev–Trinajstić information content (AvgIpc) is 3.45. The highest BCUT2D eigenvalue weighted by Crippen LogP contribution is 2.32. The molecule has 0 radical (unpaired) electrons. The predicted molar refractivity (Wildman–Crippen MR) is 127 cm³/mol. The molecule has 6 nitrogen and oxygen atoms in total. The van der Waals surface area contributed by atoms with Gasteiger partial charge in [0.05, 0.1) is 16.8 Å². The van der Waals surface area contributed by atoms with Gasteiger partial charge in [-0.25, -0.2) is 4.98 Å². The highest BCUT2D eigenvalue weighted by molar-refractivity contribution is 7.99. The number of amides is 2. The van der Waals surface area contributed by atoms with Gasteiger partial charge >= 0.3 is 0 Å². The maximum atomic E-state index is 13.5. The van der Waals surface area contributed by atoms with Crippen molar-refractivity contribution in [3.05, 3.63) is 77.1 Å². The van der Waals surface area contributed by atoms with Gasteiger partial charge in [-0.2, -0.15) is 0 Å². The van der Waals surface area contributed by atoms with Crippen LogP contribution in [0, 0.1) is 0 Å². The minimum Gasteiger partial charge on any atom is -0.282 e. The number of hydrogen-bond donors (Lipinski definition) is 0. The molecular weight excluding hydrogens is 442 g/mol. The molecule has 0 aliphatic carbocycles. The quantitative estimate of drug-likeness (QED) is 0.326. The Morgan fingerprint density at radius 1 is 1.03 bits per heavy atom. The third-order valence-electron chi connectivity index (χ3n) is 5.31. The summed E-state index contributed by atoms with van der Waals surface area (Å²) in [5.41, 5.74) is 1.54. The summed E-state index contributed by atoms with van der Waals surface area (Å²) in [7, 11) is 0. The Labute approximate surface area is 192 Å². The van der Waals surface area contributed by atoms with Crippen molar-refractivity contribution in [2.45, 2.75) is 18.0 Å². The molecule has 2 aromatic heterocycles. The second-order valence-corrected chi connectivity index (χ2v) is 9.37. The number of para-hydroxylation sites is 1. The number of carbonyl (C=O) groups excluding carboxylic acids is 2. The predicted octanol–water partition coefficient (Wildman–Crippen LogP) is 4.36. The van der Waals surface area contributed by atoms with E-state index in [1.54, 1.807) is 4.57 Å². The topological polar surface area (TPSA) is 72.3 Å². The van der Waals surface area contributed by atoms with E-state index in [2.05, 4.69) is 0 Å². The number of nitrogens with zero attached hydrogens (tertiary/aromatic N) is 3. The lowest BCUT2D eigenvalue weighted by Gasteiger charge is -2.15. The van der Waals surface area contributed by atoms with Crippen LogP contribution in [0.3, 0.4) is 0 Å². The number of hydrogen-bond acceptors (Lipinski definition) is 6. The second-order valence-electron chi connectivity index (χ2n) is 7.40. The number of imide groups is 1. The smallest absolute Gasteiger partial charge is 0.267 e. The van der Waals surface area contributed by atoms with Crippen LogP contribution in [0.5, 0.6) is 0 Å². The Balaban J connectivity index is 1.57. The number of likely N-dealkylation sites (tertiary alicyclic amines) is 1. The van der Waals surface area contributed by atoms with Crippen molar-refractivity contribution in [2.75, 3.05) is 12.3 Å². The first-order valence-electron chi connectivity index (χ1n) is 10.3. The Morgan fingerprint density at radius 3 is 2.44 bits per heavy atom. The molecule has 32 heavy (non-hydrogen) atoms. The molecule has 0 atom stereocenters. The normalized spacial score (nSPS) is 13.8. The Hall–Kier alpha value is -3.23. The number of thioether (sulfide) groups is 1. The lowest BCUT2D eigenvalue weighted by atomic mass is 10.2. The minimum absolute atomic E-state index is 0.0490. The molecule has 1 aliphatic rings. The maximum absolute atomic E-state index is 13.5. The van der Waals surface area contributed by atoms with Crippen molar-refractivity contribution in [3.63, 3.8) is 0 Å². The van der Waals surface area contributed by atoms with Gasteiger partial charge in [-0.15, -0.1) is 11.3 Å². The van der Waals surface area contributed by atoms with Gasteiger partial charge in [-0.05, 0) is 30.2 Å². The van der Waals surface area contributed by atoms with E-state index >= 15 is 0 Å². The zero-order valence-electron chi connectivity index (χ0n) is 17.1. The van der Waals surface area contributed by atoms with E-state index in [9.17, 15) is 14.4 Å². The van der Waals surface area contributed by atoms with Crippen LogP contribution in [0.1, 0.15) is 12.8 Å². The summed E-state index contributed by atoms with van der Waals surface area (Å²) in [5, 5.41) is 0.985. The summed E-state index contributed by atoms with van der Waals surface area (Å²) < 4.78 is 1.55. The zero-order valence-corrected chi connectivity index (χ0v) is 18.7. The van der Waals surface area contributed by atoms with Crippen molar-refractivity contribution >= 4 is 45.1 Å². The van der Waals surface area contributed by atoms with Gasteiger partial charge in [0.15, 0.2) is 5.16 Å². The molecule has 1 aliphatic heterocycles. The van der Waals surface area contributed by atoms with Gasteiger partial charge in [-0.1, -0.05) is 60.3 Å². The van der Waals surface area contributed by atoms with Gasteiger partial charge in [0, 0.05) is 17.8 Å². The van der Waals surface area contributed by atoms with E-state index in [1.807, 2.05) is 66.7 Å². The van der Waals surface area contributed by atoms with Crippen LogP contribution in [-0.2, 0) is 9.59 Å². The Bertz CT molecular complexity index is 1360. The molecule has 4 aromatic rings. The Morgan fingerprint density at radius 2 is 1.75 bits per heavy atom. The molecule has 1 fully saturated rings. The first-order valence-corrected chi connectivity index (χ1v) is 12.1. The lowest BCUT2D eigenvalue weighted by molar-refractivity contribution is -0.140. The van der Waals surface area contributed by atoms with Crippen molar-refractivity contribution in [3.8, 4) is 16.1 Å². The molecule has 160 valence electrons. The van der Waals surface area contributed by atoms with E-state index in [1.165, 1.54) is 28.0 Å². The molecule has 0 spiro atoms. The average molecular weight is 462 g/mol. The fourth-order valence-corrected chi connectivity index (χ4v) is 5.69. The number of thiophene rings is 1. The summed E-state index contributed by atoms with van der Waals surface area (Å²) in [6, 6.07) is 21.0. The van der Waals surface area contributed by atoms with Gasteiger partial charge < -0.3 is 0 Å². The van der Waals surface area contributed by atoms with Crippen LogP contribution in [0.15, 0.2) is 76.7 Å². The largest absolute Gasteiger partial charge is 0.282 e. The maximum Gasteiger partial charge on any atom is 0.267 e. The monoisotopic (exact) mass is 461 g/mol. The third kappa shape index (κ3) is 3.87. The number of carbonyl (C=O) groups is 2. The molecule has 0 saturated carbocycles. The summed E-state index contributed by atoms with van der Waals surface area (Å²) >= 11 is 2.64. The van der Waals surface area contributed by atoms with Gasteiger partial charge in [0.2, 0.25) is 11.8 Å². The lowest BCUT2D eigenvalue weighted by Crippen LogP contribution is -2.33. The molecule has 2 aromatic carbocycles. The van der Waals surface area contributed by atoms with E-state index in [4.69, 9.17) is 4.98 Å². The van der Waals surface area contributed by atoms with E-state index in [-0.39, 0.29) is 23.1 Å². The van der Waals surface area contributed by atoms with Gasteiger partial charge in [0.25, 0.3) is 5.56 Å². The number of fused-ring (bicyclic) bond motifs is 1. The molecular formula is C24H19N3O3S2. The van der Waals surface area contributed by atoms with Crippen molar-refractivity contribution in [2.24, 2.45) is 0 Å². The molecule has 0 unspecified atom stereocenters. The molecule has 5 rings (SSSR count). The van der Waals surface area contributed by atoms with Crippen LogP contribution in [0.2, 0.25) is 0 Å². The zero-order chi connectivity index (χ0) is 22.1. The van der Waals surface area contributed by atoms with Crippen molar-refractivity contribution in [1.82, 2.24) is 14.5 Å². The Kier molecular flexibility index (Phi) is 5.63. The van der Waals surface area contributed by atoms with Gasteiger partial charge in [-0.3, -0.25) is 23.9 Å². The molecule has 3 heterocycles. The molecule has 2 amide bonds. The van der Waals surface area contributed by atoms with Crippen LogP contribution in [-0.4, -0.2) is 38.6 Å². The van der Waals surface area contributed by atoms with Gasteiger partial charge in [0.1, 0.15) is 4.83 Å². The van der Waals surface area contributed by atoms with E-state index in [0.29, 0.717) is 40.4 Å². The standard InChI is InChI=1S/C24H19N3O3S2/c28-20-12-7-13-26(20)21(29)15-31-24-25-22-18(14-19(32-22)16-8-3-1-4-9-16)23(30)27(24)17-10-5-2-6-11-17/h1-6,8-11,14H,7,12-13,15H2. The number of aromatic nitrogens is 2.